The van der Waals surface area contributed by atoms with E-state index < -0.39 is 0 Å². The molecular weight excluding hydrogens is 202 g/mol. The quantitative estimate of drug-likeness (QED) is 0.728. The van der Waals surface area contributed by atoms with Crippen molar-refractivity contribution in [2.45, 2.75) is 51.0 Å². The minimum absolute atomic E-state index is 0.0440. The summed E-state index contributed by atoms with van der Waals surface area (Å²) in [6, 6.07) is 0. The van der Waals surface area contributed by atoms with Crippen LogP contribution in [0.2, 0.25) is 0 Å². The van der Waals surface area contributed by atoms with Gasteiger partial charge in [0, 0.05) is 0 Å². The van der Waals surface area contributed by atoms with Crippen molar-refractivity contribution in [2.75, 3.05) is 13.7 Å². The third kappa shape index (κ3) is 2.10. The fourth-order valence-electron chi connectivity index (χ4n) is 3.03. The molecule has 2 unspecified atom stereocenters. The summed E-state index contributed by atoms with van der Waals surface area (Å²) in [5.41, 5.74) is -0.369. The Kier molecular flexibility index (Phi) is 3.53. The van der Waals surface area contributed by atoms with Crippen molar-refractivity contribution >= 4 is 5.97 Å². The maximum absolute atomic E-state index is 12.1. The van der Waals surface area contributed by atoms with E-state index in [1.54, 1.807) is 0 Å². The summed E-state index contributed by atoms with van der Waals surface area (Å²) in [6.07, 6.45) is 6.95. The van der Waals surface area contributed by atoms with Crippen LogP contribution in [0.5, 0.6) is 0 Å². The van der Waals surface area contributed by atoms with E-state index in [0.29, 0.717) is 5.92 Å². The molecule has 0 heterocycles. The van der Waals surface area contributed by atoms with Gasteiger partial charge in [0.05, 0.1) is 7.11 Å². The third-order valence-electron chi connectivity index (χ3n) is 4.27. The summed E-state index contributed by atoms with van der Waals surface area (Å²) >= 11 is 0. The highest BCUT2D eigenvalue weighted by Gasteiger charge is 2.49. The lowest BCUT2D eigenvalue weighted by Crippen LogP contribution is -2.55. The Balaban J connectivity index is 2.06. The molecule has 0 saturated heterocycles. The average Bonchev–Trinajstić information content (AvgIpc) is 3.05. The van der Waals surface area contributed by atoms with Gasteiger partial charge in [-0.25, -0.2) is 0 Å². The molecule has 0 aromatic carbocycles. The van der Waals surface area contributed by atoms with E-state index in [-0.39, 0.29) is 11.5 Å². The predicted octanol–water partition coefficient (Wildman–Crippen LogP) is 2.11. The Labute approximate surface area is 97.9 Å². The Bertz CT molecular complexity index is 263. The lowest BCUT2D eigenvalue weighted by Gasteiger charge is -2.33. The highest BCUT2D eigenvalue weighted by molar-refractivity contribution is 5.81. The minimum Gasteiger partial charge on any atom is -0.468 e. The van der Waals surface area contributed by atoms with E-state index in [2.05, 4.69) is 12.2 Å². The van der Waals surface area contributed by atoms with Crippen LogP contribution in [0.15, 0.2) is 0 Å². The summed E-state index contributed by atoms with van der Waals surface area (Å²) in [6.45, 7) is 3.16. The molecule has 0 aromatic rings. The van der Waals surface area contributed by atoms with Crippen molar-refractivity contribution in [3.63, 3.8) is 0 Å². The highest BCUT2D eigenvalue weighted by Crippen LogP contribution is 2.40. The number of esters is 1. The normalized spacial score (nSPS) is 34.0. The molecule has 0 bridgehead atoms. The van der Waals surface area contributed by atoms with Crippen molar-refractivity contribution in [3.8, 4) is 0 Å². The first kappa shape index (κ1) is 11.9. The van der Waals surface area contributed by atoms with E-state index in [9.17, 15) is 4.79 Å². The number of hydrogen-bond donors (Lipinski definition) is 1. The summed E-state index contributed by atoms with van der Waals surface area (Å²) in [5, 5.41) is 3.53. The van der Waals surface area contributed by atoms with Gasteiger partial charge in [-0.05, 0) is 44.1 Å². The molecule has 0 aromatic heterocycles. The van der Waals surface area contributed by atoms with Gasteiger partial charge in [0.2, 0.25) is 0 Å². The zero-order chi connectivity index (χ0) is 11.6. The second kappa shape index (κ2) is 4.74. The topological polar surface area (TPSA) is 38.3 Å². The number of nitrogens with one attached hydrogen (secondary N) is 1. The van der Waals surface area contributed by atoms with Crippen LogP contribution < -0.4 is 5.32 Å². The molecule has 0 amide bonds. The monoisotopic (exact) mass is 225 g/mol. The van der Waals surface area contributed by atoms with Gasteiger partial charge in [0.25, 0.3) is 0 Å². The Morgan fingerprint density at radius 2 is 2.19 bits per heavy atom. The number of hydrogen-bond acceptors (Lipinski definition) is 3. The van der Waals surface area contributed by atoms with Gasteiger partial charge in [-0.15, -0.1) is 0 Å². The molecule has 16 heavy (non-hydrogen) atoms. The van der Waals surface area contributed by atoms with Crippen LogP contribution in [0.1, 0.15) is 45.4 Å². The third-order valence-corrected chi connectivity index (χ3v) is 4.27. The van der Waals surface area contributed by atoms with E-state index in [4.69, 9.17) is 4.74 Å². The van der Waals surface area contributed by atoms with Gasteiger partial charge >= 0.3 is 5.97 Å². The summed E-state index contributed by atoms with van der Waals surface area (Å²) in [4.78, 5) is 12.1. The smallest absolute Gasteiger partial charge is 0.326 e. The molecule has 2 aliphatic rings. The van der Waals surface area contributed by atoms with Crippen LogP contribution in [0.3, 0.4) is 0 Å². The predicted molar refractivity (Wildman–Crippen MR) is 63.1 cm³/mol. The molecule has 1 N–H and O–H groups in total. The van der Waals surface area contributed by atoms with Crippen LogP contribution in [-0.4, -0.2) is 25.2 Å². The zero-order valence-electron chi connectivity index (χ0n) is 10.4. The van der Waals surface area contributed by atoms with E-state index in [1.807, 2.05) is 0 Å². The first-order chi connectivity index (χ1) is 7.73. The Morgan fingerprint density at radius 3 is 2.75 bits per heavy atom. The molecule has 92 valence electrons. The summed E-state index contributed by atoms with van der Waals surface area (Å²) < 4.78 is 5.02. The fraction of sp³-hybridized carbons (Fsp3) is 0.923. The largest absolute Gasteiger partial charge is 0.468 e. The van der Waals surface area contributed by atoms with E-state index in [1.165, 1.54) is 20.0 Å². The Hall–Kier alpha value is -0.570. The number of carbonyl (C=O) groups excluding carboxylic acids is 1. The van der Waals surface area contributed by atoms with Crippen LogP contribution in [-0.2, 0) is 9.53 Å². The van der Waals surface area contributed by atoms with Gasteiger partial charge in [-0.1, -0.05) is 19.8 Å². The molecule has 2 saturated carbocycles. The lowest BCUT2D eigenvalue weighted by atomic mass is 9.85. The standard InChI is InChI=1S/C13H23NO2/c1-3-11-5-4-8-13(11,12(15)16-2)14-9-10-6-7-10/h10-11,14H,3-9H2,1-2H3. The molecule has 2 atom stereocenters. The van der Waals surface area contributed by atoms with Crippen molar-refractivity contribution in [3.05, 3.63) is 0 Å². The molecule has 2 fully saturated rings. The molecule has 3 heteroatoms. The maximum Gasteiger partial charge on any atom is 0.326 e. The van der Waals surface area contributed by atoms with Gasteiger partial charge in [0.1, 0.15) is 5.54 Å². The molecule has 2 rings (SSSR count). The molecule has 3 nitrogen and oxygen atoms in total. The van der Waals surface area contributed by atoms with Gasteiger partial charge in [0.15, 0.2) is 0 Å². The highest BCUT2D eigenvalue weighted by atomic mass is 16.5. The first-order valence-corrected chi connectivity index (χ1v) is 6.56. The van der Waals surface area contributed by atoms with E-state index >= 15 is 0 Å². The lowest BCUT2D eigenvalue weighted by molar-refractivity contribution is -0.150. The van der Waals surface area contributed by atoms with Crippen molar-refractivity contribution < 1.29 is 9.53 Å². The zero-order valence-corrected chi connectivity index (χ0v) is 10.4. The average molecular weight is 225 g/mol. The molecule has 0 aliphatic heterocycles. The molecule has 0 radical (unpaired) electrons. The van der Waals surface area contributed by atoms with Crippen LogP contribution in [0.25, 0.3) is 0 Å². The maximum atomic E-state index is 12.1. The number of methoxy groups -OCH3 is 1. The van der Waals surface area contributed by atoms with Crippen LogP contribution >= 0.6 is 0 Å². The summed E-state index contributed by atoms with van der Waals surface area (Å²) in [5.74, 6) is 1.22. The fourth-order valence-corrected chi connectivity index (χ4v) is 3.03. The van der Waals surface area contributed by atoms with Crippen molar-refractivity contribution in [2.24, 2.45) is 11.8 Å². The second-order valence-electron chi connectivity index (χ2n) is 5.28. The van der Waals surface area contributed by atoms with Crippen molar-refractivity contribution in [1.29, 1.82) is 0 Å². The molecular formula is C13H23NO2. The first-order valence-electron chi connectivity index (χ1n) is 6.56. The van der Waals surface area contributed by atoms with Crippen LogP contribution in [0.4, 0.5) is 0 Å². The number of ether oxygens (including phenoxy) is 1. The van der Waals surface area contributed by atoms with E-state index in [0.717, 1.165) is 38.1 Å². The van der Waals surface area contributed by atoms with Crippen molar-refractivity contribution in [1.82, 2.24) is 5.32 Å². The minimum atomic E-state index is -0.369. The van der Waals surface area contributed by atoms with Crippen LogP contribution in [0, 0.1) is 11.8 Å². The van der Waals surface area contributed by atoms with Gasteiger partial charge in [-0.3, -0.25) is 4.79 Å². The molecule has 2 aliphatic carbocycles. The second-order valence-corrected chi connectivity index (χ2v) is 5.28. The number of rotatable bonds is 5. The summed E-state index contributed by atoms with van der Waals surface area (Å²) in [7, 11) is 1.51. The molecule has 0 spiro atoms. The van der Waals surface area contributed by atoms with Gasteiger partial charge < -0.3 is 10.1 Å². The van der Waals surface area contributed by atoms with Gasteiger partial charge in [-0.2, -0.15) is 0 Å². The Morgan fingerprint density at radius 1 is 1.44 bits per heavy atom. The number of carbonyl (C=O) groups is 1. The SMILES string of the molecule is CCC1CCCC1(NCC1CC1)C(=O)OC.